The molecule has 1 unspecified atom stereocenters. The van der Waals surface area contributed by atoms with Crippen molar-refractivity contribution in [2.45, 2.75) is 13.0 Å². The number of benzene rings is 2. The molecule has 2 amide bonds. The highest BCUT2D eigenvalue weighted by molar-refractivity contribution is 6.01. The van der Waals surface area contributed by atoms with Crippen molar-refractivity contribution in [3.63, 3.8) is 0 Å². The van der Waals surface area contributed by atoms with E-state index in [0.717, 1.165) is 22.3 Å². The Hall–Kier alpha value is -5.12. The topological polar surface area (TPSA) is 130 Å². The van der Waals surface area contributed by atoms with Gasteiger partial charge < -0.3 is 20.9 Å². The molecular formula is C28H24FN7O2. The third kappa shape index (κ3) is 5.34. The summed E-state index contributed by atoms with van der Waals surface area (Å²) in [5.74, 6) is -0.408. The van der Waals surface area contributed by atoms with Gasteiger partial charge in [-0.25, -0.2) is 19.3 Å². The van der Waals surface area contributed by atoms with Crippen LogP contribution in [0.4, 0.5) is 15.9 Å². The minimum Gasteiger partial charge on any atom is -0.368 e. The number of fused-ring (bicyclic) bond motifs is 1. The first-order valence-corrected chi connectivity index (χ1v) is 11.8. The predicted octanol–water partition coefficient (Wildman–Crippen LogP) is 3.89. The van der Waals surface area contributed by atoms with Crippen LogP contribution in [0.15, 0.2) is 85.2 Å². The molecule has 0 spiro atoms. The van der Waals surface area contributed by atoms with Crippen molar-refractivity contribution in [3.05, 3.63) is 102 Å². The van der Waals surface area contributed by atoms with Crippen molar-refractivity contribution in [1.29, 1.82) is 0 Å². The maximum Gasteiger partial charge on any atom is 0.252 e. The highest BCUT2D eigenvalue weighted by Gasteiger charge is 2.24. The zero-order chi connectivity index (χ0) is 26.6. The number of aromatic nitrogens is 4. The number of nitrogens with zero attached hydrogens (tertiary/aromatic N) is 4. The number of hydrogen-bond donors (Lipinski definition) is 3. The van der Waals surface area contributed by atoms with E-state index in [9.17, 15) is 14.0 Å². The molecule has 4 N–H and O–H groups in total. The van der Waals surface area contributed by atoms with E-state index in [2.05, 4.69) is 25.3 Å². The normalized spacial score (nSPS) is 11.7. The summed E-state index contributed by atoms with van der Waals surface area (Å²) in [6.45, 7) is 1.81. The van der Waals surface area contributed by atoms with Crippen molar-refractivity contribution in [2.75, 3.05) is 11.4 Å². The Kier molecular flexibility index (Phi) is 6.77. The smallest absolute Gasteiger partial charge is 0.252 e. The number of carbonyl (C=O) groups excluding carboxylic acids is 2. The number of pyridine rings is 1. The lowest BCUT2D eigenvalue weighted by atomic mass is 10.1. The van der Waals surface area contributed by atoms with Crippen LogP contribution in [0.3, 0.4) is 0 Å². The van der Waals surface area contributed by atoms with Crippen LogP contribution in [0.5, 0.6) is 0 Å². The standard InChI is InChI=1S/C28H24FN7O2/c1-17-31-13-11-23(33-17)24-15-19-14-18(5-10-22(19)34-24)28(38)35-25(27(30)37)16-36(26-4-2-3-12-32-26)21-8-6-20(29)7-9-21/h2-15,25,34H,16H2,1H3,(H2,30,37)(H,35,38). The van der Waals surface area contributed by atoms with E-state index in [0.29, 0.717) is 22.9 Å². The van der Waals surface area contributed by atoms with E-state index >= 15 is 0 Å². The summed E-state index contributed by atoms with van der Waals surface area (Å²) in [6, 6.07) is 18.9. The highest BCUT2D eigenvalue weighted by atomic mass is 19.1. The van der Waals surface area contributed by atoms with Gasteiger partial charge >= 0.3 is 0 Å². The quantitative estimate of drug-likeness (QED) is 0.291. The van der Waals surface area contributed by atoms with Gasteiger partial charge in [-0.15, -0.1) is 0 Å². The number of nitrogens with two attached hydrogens (primary N) is 1. The average Bonchev–Trinajstić information content (AvgIpc) is 3.35. The Morgan fingerprint density at radius 2 is 1.84 bits per heavy atom. The monoisotopic (exact) mass is 509 g/mol. The van der Waals surface area contributed by atoms with Crippen molar-refractivity contribution in [3.8, 4) is 11.4 Å². The minimum absolute atomic E-state index is 0.00662. The zero-order valence-corrected chi connectivity index (χ0v) is 20.4. The molecule has 2 aromatic carbocycles. The first-order chi connectivity index (χ1) is 18.4. The SMILES string of the molecule is Cc1nccc(-c2cc3cc(C(=O)NC(CN(c4ccc(F)cc4)c4ccccn4)C(N)=O)ccc3[nH]2)n1. The van der Waals surface area contributed by atoms with Crippen LogP contribution in [0.25, 0.3) is 22.3 Å². The summed E-state index contributed by atoms with van der Waals surface area (Å²) >= 11 is 0. The lowest BCUT2D eigenvalue weighted by Gasteiger charge is -2.28. The Labute approximate surface area is 217 Å². The zero-order valence-electron chi connectivity index (χ0n) is 20.4. The van der Waals surface area contributed by atoms with Gasteiger partial charge in [-0.05, 0) is 73.7 Å². The van der Waals surface area contributed by atoms with Gasteiger partial charge in [0.2, 0.25) is 5.91 Å². The van der Waals surface area contributed by atoms with E-state index in [1.807, 2.05) is 13.0 Å². The van der Waals surface area contributed by atoms with Crippen LogP contribution >= 0.6 is 0 Å². The number of primary amides is 1. The summed E-state index contributed by atoms with van der Waals surface area (Å²) in [7, 11) is 0. The lowest BCUT2D eigenvalue weighted by molar-refractivity contribution is -0.119. The molecule has 0 aliphatic heterocycles. The Balaban J connectivity index is 1.39. The fraction of sp³-hybridized carbons (Fsp3) is 0.107. The molecule has 0 fully saturated rings. The van der Waals surface area contributed by atoms with Crippen LogP contribution in [0, 0.1) is 12.7 Å². The number of nitrogens with one attached hydrogen (secondary N) is 2. The van der Waals surface area contributed by atoms with Gasteiger partial charge in [0.1, 0.15) is 23.5 Å². The third-order valence-corrected chi connectivity index (χ3v) is 6.01. The van der Waals surface area contributed by atoms with E-state index in [4.69, 9.17) is 5.73 Å². The minimum atomic E-state index is -1.06. The second kappa shape index (κ2) is 10.5. The van der Waals surface area contributed by atoms with Gasteiger partial charge in [0.15, 0.2) is 0 Å². The summed E-state index contributed by atoms with van der Waals surface area (Å²) in [4.78, 5) is 43.5. The van der Waals surface area contributed by atoms with Crippen LogP contribution in [-0.4, -0.2) is 44.3 Å². The molecule has 0 aliphatic carbocycles. The number of halogens is 1. The third-order valence-electron chi connectivity index (χ3n) is 6.01. The molecule has 10 heteroatoms. The highest BCUT2D eigenvalue weighted by Crippen LogP contribution is 2.25. The van der Waals surface area contributed by atoms with Crippen LogP contribution in [0.1, 0.15) is 16.2 Å². The molecule has 0 bridgehead atoms. The average molecular weight is 510 g/mol. The summed E-state index contributed by atoms with van der Waals surface area (Å²) in [5, 5.41) is 3.54. The molecule has 0 saturated heterocycles. The molecule has 1 atom stereocenters. The van der Waals surface area contributed by atoms with Crippen molar-refractivity contribution < 1.29 is 14.0 Å². The molecule has 9 nitrogen and oxygen atoms in total. The molecule has 38 heavy (non-hydrogen) atoms. The maximum absolute atomic E-state index is 13.6. The number of carbonyl (C=O) groups is 2. The van der Waals surface area contributed by atoms with Crippen LogP contribution in [0.2, 0.25) is 0 Å². The molecule has 3 heterocycles. The van der Waals surface area contributed by atoms with E-state index < -0.39 is 23.7 Å². The summed E-state index contributed by atoms with van der Waals surface area (Å²) in [6.07, 6.45) is 3.29. The number of aromatic amines is 1. The fourth-order valence-corrected chi connectivity index (χ4v) is 4.11. The van der Waals surface area contributed by atoms with E-state index in [1.54, 1.807) is 71.9 Å². The molecule has 0 aliphatic rings. The fourth-order valence-electron chi connectivity index (χ4n) is 4.11. The maximum atomic E-state index is 13.6. The van der Waals surface area contributed by atoms with Gasteiger partial charge in [0.25, 0.3) is 5.91 Å². The Morgan fingerprint density at radius 3 is 2.55 bits per heavy atom. The van der Waals surface area contributed by atoms with Gasteiger partial charge in [-0.3, -0.25) is 9.59 Å². The predicted molar refractivity (Wildman–Crippen MR) is 142 cm³/mol. The molecule has 3 aromatic heterocycles. The first-order valence-electron chi connectivity index (χ1n) is 11.8. The van der Waals surface area contributed by atoms with Gasteiger partial charge in [0, 0.05) is 34.5 Å². The van der Waals surface area contributed by atoms with Crippen LogP contribution < -0.4 is 16.0 Å². The van der Waals surface area contributed by atoms with Gasteiger partial charge in [-0.2, -0.15) is 0 Å². The lowest BCUT2D eigenvalue weighted by Crippen LogP contribution is -2.50. The van der Waals surface area contributed by atoms with E-state index in [1.165, 1.54) is 12.1 Å². The van der Waals surface area contributed by atoms with Crippen LogP contribution in [-0.2, 0) is 4.79 Å². The summed E-state index contributed by atoms with van der Waals surface area (Å²) < 4.78 is 13.6. The second-order valence-electron chi connectivity index (χ2n) is 8.68. The first kappa shape index (κ1) is 24.6. The molecule has 190 valence electrons. The second-order valence-corrected chi connectivity index (χ2v) is 8.68. The van der Waals surface area contributed by atoms with Gasteiger partial charge in [-0.1, -0.05) is 6.07 Å². The number of amides is 2. The van der Waals surface area contributed by atoms with Crippen molar-refractivity contribution in [1.82, 2.24) is 25.3 Å². The largest absolute Gasteiger partial charge is 0.368 e. The number of H-pyrrole nitrogens is 1. The number of hydrogen-bond acceptors (Lipinski definition) is 6. The molecular weight excluding hydrogens is 485 g/mol. The molecule has 5 rings (SSSR count). The Morgan fingerprint density at radius 1 is 1.03 bits per heavy atom. The Bertz CT molecular complexity index is 1600. The molecule has 0 saturated carbocycles. The number of rotatable bonds is 8. The number of aryl methyl sites for hydroxylation is 1. The number of anilines is 2. The summed E-state index contributed by atoms with van der Waals surface area (Å²) in [5.41, 5.74) is 9.00. The van der Waals surface area contributed by atoms with Crippen molar-refractivity contribution in [2.24, 2.45) is 5.73 Å². The van der Waals surface area contributed by atoms with E-state index in [-0.39, 0.29) is 6.54 Å². The van der Waals surface area contributed by atoms with Gasteiger partial charge in [0.05, 0.1) is 17.9 Å². The molecule has 0 radical (unpaired) electrons. The molecule has 5 aromatic rings. The van der Waals surface area contributed by atoms with Crippen molar-refractivity contribution >= 4 is 34.2 Å².